The van der Waals surface area contributed by atoms with Crippen LogP contribution in [0.4, 0.5) is 5.69 Å². The topological polar surface area (TPSA) is 63.5 Å². The van der Waals surface area contributed by atoms with Gasteiger partial charge in [0.15, 0.2) is 0 Å². The van der Waals surface area contributed by atoms with E-state index in [1.165, 1.54) is 23.9 Å². The van der Waals surface area contributed by atoms with Gasteiger partial charge >= 0.3 is 0 Å². The Morgan fingerprint density at radius 2 is 1.73 bits per heavy atom. The molecule has 1 heterocycles. The Kier molecular flexibility index (Phi) is 3.85. The van der Waals surface area contributed by atoms with Gasteiger partial charge in [-0.25, -0.2) is 0 Å². The number of amides is 1. The van der Waals surface area contributed by atoms with Crippen molar-refractivity contribution in [1.29, 1.82) is 0 Å². The van der Waals surface area contributed by atoms with E-state index < -0.39 is 4.92 Å². The molecule has 2 aromatic carbocycles. The van der Waals surface area contributed by atoms with Gasteiger partial charge in [-0.05, 0) is 17.7 Å². The Labute approximate surface area is 132 Å². The van der Waals surface area contributed by atoms with E-state index in [9.17, 15) is 14.9 Å². The number of benzene rings is 2. The second-order valence-electron chi connectivity index (χ2n) is 5.09. The van der Waals surface area contributed by atoms with Gasteiger partial charge in [-0.1, -0.05) is 30.3 Å². The third-order valence-corrected chi connectivity index (χ3v) is 5.00. The fourth-order valence-corrected chi connectivity index (χ4v) is 3.89. The number of non-ortho nitro benzene ring substituents is 1. The number of likely N-dealkylation sites (tertiary alicyclic amines) is 1. The third kappa shape index (κ3) is 2.57. The number of nitro benzene ring substituents is 1. The lowest BCUT2D eigenvalue weighted by atomic mass is 9.94. The fraction of sp³-hybridized carbons (Fsp3) is 0.188. The molecule has 112 valence electrons. The number of carbonyl (C=O) groups excluding carboxylic acids is 1. The van der Waals surface area contributed by atoms with Crippen LogP contribution in [-0.2, 0) is 4.79 Å². The standard InChI is InChI=1S/C16H14N2O3S/c1-17-14(11-7-9-12(10-8-11)18(20)21)15(16(17)19)22-13-5-3-2-4-6-13/h2-10,14-15H,1H3/t14-,15+/m1/s1. The van der Waals surface area contributed by atoms with Gasteiger partial charge in [-0.15, -0.1) is 11.8 Å². The van der Waals surface area contributed by atoms with Crippen molar-refractivity contribution in [3.05, 3.63) is 70.3 Å². The van der Waals surface area contributed by atoms with E-state index in [4.69, 9.17) is 0 Å². The lowest BCUT2D eigenvalue weighted by molar-refractivity contribution is -0.384. The van der Waals surface area contributed by atoms with Crippen LogP contribution in [0.5, 0.6) is 0 Å². The first kappa shape index (κ1) is 14.6. The quantitative estimate of drug-likeness (QED) is 0.493. The van der Waals surface area contributed by atoms with E-state index in [0.29, 0.717) is 0 Å². The maximum atomic E-state index is 12.1. The first-order valence-electron chi connectivity index (χ1n) is 6.80. The van der Waals surface area contributed by atoms with Crippen LogP contribution in [-0.4, -0.2) is 28.0 Å². The van der Waals surface area contributed by atoms with E-state index in [-0.39, 0.29) is 22.9 Å². The molecule has 6 heteroatoms. The second kappa shape index (κ2) is 5.81. The van der Waals surface area contributed by atoms with Crippen molar-refractivity contribution in [3.8, 4) is 0 Å². The smallest absolute Gasteiger partial charge is 0.269 e. The first-order chi connectivity index (χ1) is 10.6. The molecule has 0 N–H and O–H groups in total. The van der Waals surface area contributed by atoms with Gasteiger partial charge in [0.1, 0.15) is 5.25 Å². The van der Waals surface area contributed by atoms with Crippen molar-refractivity contribution in [2.24, 2.45) is 0 Å². The minimum atomic E-state index is -0.421. The van der Waals surface area contributed by atoms with Crippen LogP contribution in [0.1, 0.15) is 11.6 Å². The maximum absolute atomic E-state index is 12.1. The molecule has 0 aromatic heterocycles. The number of rotatable bonds is 4. The van der Waals surface area contributed by atoms with Gasteiger partial charge in [0.05, 0.1) is 11.0 Å². The van der Waals surface area contributed by atoms with Crippen LogP contribution < -0.4 is 0 Å². The molecular formula is C16H14N2O3S. The largest absolute Gasteiger partial charge is 0.336 e. The normalized spacial score (nSPS) is 20.6. The molecule has 0 unspecified atom stereocenters. The minimum absolute atomic E-state index is 0.0569. The third-order valence-electron chi connectivity index (χ3n) is 3.75. The summed E-state index contributed by atoms with van der Waals surface area (Å²) in [6, 6.07) is 16.1. The lowest BCUT2D eigenvalue weighted by Crippen LogP contribution is -2.54. The van der Waals surface area contributed by atoms with Gasteiger partial charge in [-0.2, -0.15) is 0 Å². The number of hydrogen-bond acceptors (Lipinski definition) is 4. The number of nitro groups is 1. The molecule has 0 saturated carbocycles. The zero-order valence-electron chi connectivity index (χ0n) is 11.9. The van der Waals surface area contributed by atoms with Crippen molar-refractivity contribution in [2.75, 3.05) is 7.05 Å². The summed E-state index contributed by atoms with van der Waals surface area (Å²) in [5.41, 5.74) is 0.977. The average Bonchev–Trinajstić information content (AvgIpc) is 2.55. The van der Waals surface area contributed by atoms with Crippen molar-refractivity contribution >= 4 is 23.4 Å². The van der Waals surface area contributed by atoms with Crippen molar-refractivity contribution < 1.29 is 9.72 Å². The van der Waals surface area contributed by atoms with Crippen LogP contribution in [0, 0.1) is 10.1 Å². The van der Waals surface area contributed by atoms with Crippen molar-refractivity contribution in [3.63, 3.8) is 0 Å². The highest BCUT2D eigenvalue weighted by molar-refractivity contribution is 8.00. The van der Waals surface area contributed by atoms with Crippen molar-refractivity contribution in [2.45, 2.75) is 16.2 Å². The highest BCUT2D eigenvalue weighted by Crippen LogP contribution is 2.44. The fourth-order valence-electron chi connectivity index (χ4n) is 2.55. The van der Waals surface area contributed by atoms with E-state index in [1.807, 2.05) is 30.3 Å². The van der Waals surface area contributed by atoms with Crippen LogP contribution in [0.25, 0.3) is 0 Å². The van der Waals surface area contributed by atoms with Gasteiger partial charge in [0.2, 0.25) is 5.91 Å². The zero-order chi connectivity index (χ0) is 15.7. The molecule has 1 aliphatic heterocycles. The van der Waals surface area contributed by atoms with Crippen LogP contribution >= 0.6 is 11.8 Å². The second-order valence-corrected chi connectivity index (χ2v) is 6.31. The summed E-state index contributed by atoms with van der Waals surface area (Å²) in [6.45, 7) is 0. The van der Waals surface area contributed by atoms with Gasteiger partial charge < -0.3 is 4.90 Å². The van der Waals surface area contributed by atoms with Gasteiger partial charge in [-0.3, -0.25) is 14.9 Å². The maximum Gasteiger partial charge on any atom is 0.269 e. The van der Waals surface area contributed by atoms with E-state index in [0.717, 1.165) is 10.5 Å². The Morgan fingerprint density at radius 3 is 2.32 bits per heavy atom. The molecule has 1 amide bonds. The molecule has 1 saturated heterocycles. The molecule has 1 fully saturated rings. The SMILES string of the molecule is CN1C(=O)[C@@H](Sc2ccccc2)[C@H]1c1ccc([N+](=O)[O-])cc1. The molecule has 2 atom stereocenters. The molecule has 1 aliphatic rings. The average molecular weight is 314 g/mol. The van der Waals surface area contributed by atoms with Crippen LogP contribution in [0.2, 0.25) is 0 Å². The summed E-state index contributed by atoms with van der Waals surface area (Å²) in [4.78, 5) is 25.1. The van der Waals surface area contributed by atoms with E-state index >= 15 is 0 Å². The van der Waals surface area contributed by atoms with Crippen LogP contribution in [0.15, 0.2) is 59.5 Å². The Balaban J connectivity index is 1.82. The number of nitrogens with zero attached hydrogens (tertiary/aromatic N) is 2. The first-order valence-corrected chi connectivity index (χ1v) is 7.68. The zero-order valence-corrected chi connectivity index (χ0v) is 12.7. The molecule has 2 aromatic rings. The molecular weight excluding hydrogens is 300 g/mol. The summed E-state index contributed by atoms with van der Waals surface area (Å²) in [5.74, 6) is 0.0807. The van der Waals surface area contributed by atoms with E-state index in [1.54, 1.807) is 24.1 Å². The molecule has 22 heavy (non-hydrogen) atoms. The number of β-lactam (4-membered cyclic amide) rings is 1. The van der Waals surface area contributed by atoms with Gasteiger partial charge in [0, 0.05) is 24.1 Å². The molecule has 0 radical (unpaired) electrons. The minimum Gasteiger partial charge on any atom is -0.336 e. The molecule has 3 rings (SSSR count). The summed E-state index contributed by atoms with van der Waals surface area (Å²) in [5, 5.41) is 10.5. The summed E-state index contributed by atoms with van der Waals surface area (Å²) in [7, 11) is 1.76. The highest BCUT2D eigenvalue weighted by atomic mass is 32.2. The van der Waals surface area contributed by atoms with E-state index in [2.05, 4.69) is 0 Å². The number of thioether (sulfide) groups is 1. The predicted octanol–water partition coefficient (Wildman–Crippen LogP) is 3.27. The Morgan fingerprint density at radius 1 is 1.09 bits per heavy atom. The summed E-state index contributed by atoms with van der Waals surface area (Å²) >= 11 is 1.53. The Bertz CT molecular complexity index is 703. The molecule has 5 nitrogen and oxygen atoms in total. The highest BCUT2D eigenvalue weighted by Gasteiger charge is 2.46. The summed E-state index contributed by atoms with van der Waals surface area (Å²) < 4.78 is 0. The monoisotopic (exact) mass is 314 g/mol. The number of carbonyl (C=O) groups is 1. The van der Waals surface area contributed by atoms with Gasteiger partial charge in [0.25, 0.3) is 5.69 Å². The summed E-state index contributed by atoms with van der Waals surface area (Å²) in [6.07, 6.45) is 0. The Hall–Kier alpha value is -2.34. The lowest BCUT2D eigenvalue weighted by Gasteiger charge is -2.44. The predicted molar refractivity (Wildman–Crippen MR) is 84.7 cm³/mol. The molecule has 0 aliphatic carbocycles. The molecule has 0 bridgehead atoms. The van der Waals surface area contributed by atoms with Crippen LogP contribution in [0.3, 0.4) is 0 Å². The molecule has 0 spiro atoms. The number of hydrogen-bond donors (Lipinski definition) is 0. The van der Waals surface area contributed by atoms with Crippen molar-refractivity contribution in [1.82, 2.24) is 4.90 Å².